The normalized spacial score (nSPS) is 25.4. The summed E-state index contributed by atoms with van der Waals surface area (Å²) in [6.45, 7) is 2.11. The van der Waals surface area contributed by atoms with Gasteiger partial charge in [-0.15, -0.1) is 11.3 Å². The molecule has 2 aliphatic heterocycles. The molecule has 4 heterocycles. The topological polar surface area (TPSA) is 127 Å². The van der Waals surface area contributed by atoms with E-state index in [9.17, 15) is 13.2 Å². The summed E-state index contributed by atoms with van der Waals surface area (Å²) in [5.74, 6) is -0.132. The zero-order valence-electron chi connectivity index (χ0n) is 16.3. The number of sulfonamides is 1. The average Bonchev–Trinajstić information content (AvgIpc) is 3.09. The van der Waals surface area contributed by atoms with Crippen LogP contribution in [0.4, 0.5) is 5.82 Å². The largest absolute Gasteiger partial charge is 0.378 e. The van der Waals surface area contributed by atoms with E-state index in [0.29, 0.717) is 15.6 Å². The molecule has 3 N–H and O–H groups in total. The molecule has 0 radical (unpaired) electrons. The third kappa shape index (κ3) is 3.35. The third-order valence-corrected chi connectivity index (χ3v) is 9.20. The van der Waals surface area contributed by atoms with E-state index in [1.807, 2.05) is 13.0 Å². The Balaban J connectivity index is 1.75. The monoisotopic (exact) mass is 469 g/mol. The van der Waals surface area contributed by atoms with Gasteiger partial charge in [0, 0.05) is 19.3 Å². The first-order valence-corrected chi connectivity index (χ1v) is 11.8. The molecule has 2 unspecified atom stereocenters. The first-order chi connectivity index (χ1) is 14.1. The van der Waals surface area contributed by atoms with Crippen LogP contribution in [0.25, 0.3) is 0 Å². The fourth-order valence-electron chi connectivity index (χ4n) is 3.67. The van der Waals surface area contributed by atoms with Crippen LogP contribution < -0.4 is 11.1 Å². The highest BCUT2D eigenvalue weighted by Crippen LogP contribution is 2.48. The van der Waals surface area contributed by atoms with Crippen molar-refractivity contribution in [3.63, 3.8) is 0 Å². The van der Waals surface area contributed by atoms with Crippen LogP contribution in [0, 0.1) is 6.92 Å². The standard InChI is InChI=1S/C18H20ClN5O4S2/c1-10-4-3-5-14(21-10)22-16(25)12-8-11(19)15(29-12)18-9-28-7-6-13(18)30(26,27)24(2)17(20)23-18/h3-5,8,13H,6-7,9H2,1-2H3,(H2,20,23)(H,21,22,25). The van der Waals surface area contributed by atoms with Crippen molar-refractivity contribution in [1.82, 2.24) is 9.29 Å². The molecule has 1 saturated heterocycles. The minimum atomic E-state index is -3.76. The Morgan fingerprint density at radius 1 is 1.47 bits per heavy atom. The number of guanidine groups is 1. The van der Waals surface area contributed by atoms with Crippen LogP contribution >= 0.6 is 22.9 Å². The number of aryl methyl sites for hydroxylation is 1. The number of aliphatic imine (C=N–C) groups is 1. The van der Waals surface area contributed by atoms with Gasteiger partial charge in [0.1, 0.15) is 16.6 Å². The number of nitrogens with zero attached hydrogens (tertiary/aromatic N) is 3. The number of thiophene rings is 1. The molecule has 0 aromatic carbocycles. The molecule has 30 heavy (non-hydrogen) atoms. The zero-order chi connectivity index (χ0) is 21.7. The van der Waals surface area contributed by atoms with Gasteiger partial charge in [-0.1, -0.05) is 17.7 Å². The van der Waals surface area contributed by atoms with Gasteiger partial charge in [0.05, 0.1) is 21.4 Å². The van der Waals surface area contributed by atoms with Gasteiger partial charge >= 0.3 is 0 Å². The number of halogens is 1. The van der Waals surface area contributed by atoms with Gasteiger partial charge in [-0.3, -0.25) is 4.79 Å². The number of anilines is 1. The van der Waals surface area contributed by atoms with Crippen molar-refractivity contribution in [2.75, 3.05) is 25.6 Å². The maximum Gasteiger partial charge on any atom is 0.266 e. The maximum atomic E-state index is 13.0. The minimum Gasteiger partial charge on any atom is -0.378 e. The smallest absolute Gasteiger partial charge is 0.266 e. The lowest BCUT2D eigenvalue weighted by atomic mass is 9.90. The number of carbonyl (C=O) groups excluding carboxylic acids is 1. The predicted molar refractivity (Wildman–Crippen MR) is 115 cm³/mol. The lowest BCUT2D eigenvalue weighted by Gasteiger charge is -2.45. The van der Waals surface area contributed by atoms with E-state index < -0.39 is 26.7 Å². The summed E-state index contributed by atoms with van der Waals surface area (Å²) in [5, 5.41) is 2.08. The molecule has 0 aliphatic carbocycles. The second kappa shape index (κ2) is 7.49. The van der Waals surface area contributed by atoms with Crippen molar-refractivity contribution in [2.45, 2.75) is 24.1 Å². The molecular formula is C18H20ClN5O4S2. The van der Waals surface area contributed by atoms with Gasteiger partial charge in [-0.2, -0.15) is 0 Å². The number of hydrogen-bond acceptors (Lipinski definition) is 8. The fourth-order valence-corrected chi connectivity index (χ4v) is 7.13. The van der Waals surface area contributed by atoms with Crippen molar-refractivity contribution in [2.24, 2.45) is 10.7 Å². The highest BCUT2D eigenvalue weighted by molar-refractivity contribution is 7.90. The molecular weight excluding hydrogens is 450 g/mol. The summed E-state index contributed by atoms with van der Waals surface area (Å²) in [6, 6.07) is 6.79. The van der Waals surface area contributed by atoms with Gasteiger partial charge in [-0.25, -0.2) is 22.7 Å². The highest BCUT2D eigenvalue weighted by atomic mass is 35.5. The summed E-state index contributed by atoms with van der Waals surface area (Å²) in [4.78, 5) is 22.3. The maximum absolute atomic E-state index is 13.0. The zero-order valence-corrected chi connectivity index (χ0v) is 18.6. The molecule has 160 valence electrons. The molecule has 9 nitrogen and oxygen atoms in total. The van der Waals surface area contributed by atoms with E-state index in [-0.39, 0.29) is 30.6 Å². The van der Waals surface area contributed by atoms with Crippen LogP contribution in [0.5, 0.6) is 0 Å². The number of carbonyl (C=O) groups is 1. The first-order valence-electron chi connectivity index (χ1n) is 9.11. The molecule has 2 atom stereocenters. The molecule has 0 saturated carbocycles. The van der Waals surface area contributed by atoms with Crippen molar-refractivity contribution in [3.8, 4) is 0 Å². The van der Waals surface area contributed by atoms with Gasteiger partial charge in [0.25, 0.3) is 5.91 Å². The van der Waals surface area contributed by atoms with Crippen LogP contribution in [0.3, 0.4) is 0 Å². The highest BCUT2D eigenvalue weighted by Gasteiger charge is 2.56. The number of amides is 1. The molecule has 1 fully saturated rings. The molecule has 0 bridgehead atoms. The first kappa shape index (κ1) is 21.0. The summed E-state index contributed by atoms with van der Waals surface area (Å²) in [7, 11) is -2.39. The summed E-state index contributed by atoms with van der Waals surface area (Å²) >= 11 is 7.56. The van der Waals surface area contributed by atoms with Gasteiger partial charge in [0.15, 0.2) is 0 Å². The number of nitrogens with two attached hydrogens (primary N) is 1. The van der Waals surface area contributed by atoms with E-state index in [2.05, 4.69) is 15.3 Å². The number of nitrogens with one attached hydrogen (secondary N) is 1. The van der Waals surface area contributed by atoms with Gasteiger partial charge in [-0.05, 0) is 31.5 Å². The number of hydrogen-bond donors (Lipinski definition) is 2. The van der Waals surface area contributed by atoms with Gasteiger partial charge in [0.2, 0.25) is 16.0 Å². The number of rotatable bonds is 3. The molecule has 12 heteroatoms. The van der Waals surface area contributed by atoms with E-state index >= 15 is 0 Å². The quantitative estimate of drug-likeness (QED) is 0.707. The van der Waals surface area contributed by atoms with Crippen LogP contribution in [0.2, 0.25) is 5.02 Å². The van der Waals surface area contributed by atoms with E-state index in [1.165, 1.54) is 13.1 Å². The lowest BCUT2D eigenvalue weighted by Crippen LogP contribution is -2.60. The van der Waals surface area contributed by atoms with Crippen molar-refractivity contribution in [1.29, 1.82) is 0 Å². The Bertz CT molecular complexity index is 1150. The van der Waals surface area contributed by atoms with Crippen LogP contribution in [-0.4, -0.2) is 55.1 Å². The van der Waals surface area contributed by atoms with Gasteiger partial charge < -0.3 is 15.8 Å². The number of aromatic nitrogens is 1. The Labute approximate surface area is 183 Å². The SMILES string of the molecule is Cc1cccc(NC(=O)c2cc(Cl)c(C34COCCC3S(=O)(=O)N(C)C(N)=N4)s2)n1. The lowest BCUT2D eigenvalue weighted by molar-refractivity contribution is 0.0390. The Morgan fingerprint density at radius 3 is 2.97 bits per heavy atom. The van der Waals surface area contributed by atoms with Crippen LogP contribution in [0.15, 0.2) is 29.3 Å². The van der Waals surface area contributed by atoms with Crippen LogP contribution in [0.1, 0.15) is 26.7 Å². The number of fused-ring (bicyclic) bond motifs is 1. The molecule has 2 aromatic rings. The fraction of sp³-hybridized carbons (Fsp3) is 0.389. The summed E-state index contributed by atoms with van der Waals surface area (Å²) in [5.41, 5.74) is 5.40. The predicted octanol–water partition coefficient (Wildman–Crippen LogP) is 1.93. The summed E-state index contributed by atoms with van der Waals surface area (Å²) in [6.07, 6.45) is 0.242. The molecule has 1 amide bonds. The minimum absolute atomic E-state index is 0.00612. The Kier molecular flexibility index (Phi) is 5.25. The second-order valence-electron chi connectivity index (χ2n) is 7.14. The number of pyridine rings is 1. The molecule has 2 aromatic heterocycles. The second-order valence-corrected chi connectivity index (χ2v) is 10.7. The molecule has 0 spiro atoms. The molecule has 2 aliphatic rings. The van der Waals surface area contributed by atoms with Crippen LogP contribution in [-0.2, 0) is 20.3 Å². The van der Waals surface area contributed by atoms with Crippen molar-refractivity contribution >= 4 is 50.6 Å². The van der Waals surface area contributed by atoms with Crippen molar-refractivity contribution < 1.29 is 17.9 Å². The average molecular weight is 470 g/mol. The third-order valence-electron chi connectivity index (χ3n) is 5.19. The van der Waals surface area contributed by atoms with E-state index in [1.54, 1.807) is 12.1 Å². The summed E-state index contributed by atoms with van der Waals surface area (Å²) < 4.78 is 32.7. The Morgan fingerprint density at radius 2 is 2.23 bits per heavy atom. The van der Waals surface area contributed by atoms with Crippen molar-refractivity contribution in [3.05, 3.63) is 44.7 Å². The molecule has 4 rings (SSSR count). The number of ether oxygens (including phenoxy) is 1. The van der Waals surface area contributed by atoms with E-state index in [4.69, 9.17) is 22.1 Å². The van der Waals surface area contributed by atoms with E-state index in [0.717, 1.165) is 21.3 Å². The Hall–Kier alpha value is -2.21.